The van der Waals surface area contributed by atoms with E-state index in [1.165, 1.54) is 21.3 Å². The molecule has 0 aromatic heterocycles. The summed E-state index contributed by atoms with van der Waals surface area (Å²) < 4.78 is 21.0. The van der Waals surface area contributed by atoms with Gasteiger partial charge in [0.05, 0.1) is 27.2 Å². The van der Waals surface area contributed by atoms with Crippen molar-refractivity contribution in [3.63, 3.8) is 0 Å². The van der Waals surface area contributed by atoms with E-state index in [9.17, 15) is 19.5 Å². The highest BCUT2D eigenvalue weighted by Crippen LogP contribution is 2.52. The third-order valence-corrected chi connectivity index (χ3v) is 6.14. The van der Waals surface area contributed by atoms with Crippen LogP contribution >= 0.6 is 0 Å². The average Bonchev–Trinajstić information content (AvgIpc) is 2.86. The smallest absolute Gasteiger partial charge is 0.316 e. The second-order valence-corrected chi connectivity index (χ2v) is 7.97. The van der Waals surface area contributed by atoms with Crippen molar-refractivity contribution in [2.24, 2.45) is 11.8 Å². The van der Waals surface area contributed by atoms with E-state index in [1.807, 2.05) is 0 Å². The number of carbonyl (C=O) groups is 3. The Bertz CT molecular complexity index is 1060. The SMILES string of the molecule is C=CCOc1ccc(C2C(C(=O)OC)C(=O)CC(O)(c3ccccc3)C2C(=O)OC)cc1OC. The molecule has 3 rings (SSSR count). The molecule has 8 nitrogen and oxygen atoms in total. The summed E-state index contributed by atoms with van der Waals surface area (Å²) in [5.41, 5.74) is -1.13. The number of hydrogen-bond donors (Lipinski definition) is 1. The van der Waals surface area contributed by atoms with Gasteiger partial charge in [0.15, 0.2) is 17.3 Å². The largest absolute Gasteiger partial charge is 0.493 e. The predicted molar refractivity (Wildman–Crippen MR) is 122 cm³/mol. The molecule has 0 aliphatic heterocycles. The van der Waals surface area contributed by atoms with Crippen LogP contribution in [-0.2, 0) is 29.5 Å². The number of aliphatic hydroxyl groups is 1. The van der Waals surface area contributed by atoms with Gasteiger partial charge in [-0.25, -0.2) is 0 Å². The standard InChI is InChI=1S/C26H28O8/c1-5-13-34-19-12-11-16(14-20(19)31-2)21-22(24(28)32-3)18(27)15-26(30,23(21)25(29)33-4)17-9-7-6-8-10-17/h5-12,14,21-23,30H,1,13,15H2,2-4H3. The first kappa shape index (κ1) is 25.0. The molecule has 1 aliphatic rings. The Hall–Kier alpha value is -3.65. The summed E-state index contributed by atoms with van der Waals surface area (Å²) in [4.78, 5) is 39.2. The quantitative estimate of drug-likeness (QED) is 0.358. The summed E-state index contributed by atoms with van der Waals surface area (Å²) in [7, 11) is 3.81. The van der Waals surface area contributed by atoms with Crippen LogP contribution in [-0.4, -0.2) is 50.8 Å². The highest BCUT2D eigenvalue weighted by atomic mass is 16.5. The van der Waals surface area contributed by atoms with E-state index in [1.54, 1.807) is 54.6 Å². The summed E-state index contributed by atoms with van der Waals surface area (Å²) in [5, 5.41) is 11.8. The van der Waals surface area contributed by atoms with Crippen LogP contribution in [0.1, 0.15) is 23.5 Å². The minimum atomic E-state index is -1.91. The monoisotopic (exact) mass is 468 g/mol. The summed E-state index contributed by atoms with van der Waals surface area (Å²) in [6.45, 7) is 3.86. The Balaban J connectivity index is 2.24. The second kappa shape index (κ2) is 10.5. The van der Waals surface area contributed by atoms with Crippen molar-refractivity contribution in [2.75, 3.05) is 27.9 Å². The van der Waals surface area contributed by atoms with Gasteiger partial charge < -0.3 is 24.1 Å². The molecule has 180 valence electrons. The van der Waals surface area contributed by atoms with Crippen molar-refractivity contribution in [1.29, 1.82) is 0 Å². The topological polar surface area (TPSA) is 108 Å². The van der Waals surface area contributed by atoms with Crippen molar-refractivity contribution in [1.82, 2.24) is 0 Å². The van der Waals surface area contributed by atoms with Gasteiger partial charge in [-0.1, -0.05) is 49.1 Å². The first-order valence-corrected chi connectivity index (χ1v) is 10.7. The van der Waals surface area contributed by atoms with Gasteiger partial charge in [-0.2, -0.15) is 0 Å². The van der Waals surface area contributed by atoms with E-state index in [2.05, 4.69) is 6.58 Å². The van der Waals surface area contributed by atoms with Crippen LogP contribution in [0.5, 0.6) is 11.5 Å². The van der Waals surface area contributed by atoms with E-state index < -0.39 is 47.5 Å². The van der Waals surface area contributed by atoms with Crippen molar-refractivity contribution in [3.8, 4) is 11.5 Å². The van der Waals surface area contributed by atoms with Gasteiger partial charge >= 0.3 is 11.9 Å². The lowest BCUT2D eigenvalue weighted by Crippen LogP contribution is -2.54. The number of ether oxygens (including phenoxy) is 4. The van der Waals surface area contributed by atoms with E-state index in [0.717, 1.165) is 0 Å². The molecule has 8 heteroatoms. The van der Waals surface area contributed by atoms with Crippen molar-refractivity contribution in [3.05, 3.63) is 72.3 Å². The first-order valence-electron chi connectivity index (χ1n) is 10.7. The number of Topliss-reactive ketones (excluding diaryl/α,β-unsaturated/α-hetero) is 1. The lowest BCUT2D eigenvalue weighted by atomic mass is 9.59. The molecule has 1 N–H and O–H groups in total. The minimum Gasteiger partial charge on any atom is -0.493 e. The molecule has 0 amide bonds. The fourth-order valence-corrected chi connectivity index (χ4v) is 4.60. The second-order valence-electron chi connectivity index (χ2n) is 7.97. The van der Waals surface area contributed by atoms with Crippen LogP contribution in [0.25, 0.3) is 0 Å². The molecule has 2 aromatic carbocycles. The Morgan fingerprint density at radius 2 is 1.74 bits per heavy atom. The number of esters is 2. The summed E-state index contributed by atoms with van der Waals surface area (Å²) in [6.07, 6.45) is 1.12. The Morgan fingerprint density at radius 3 is 2.32 bits per heavy atom. The highest BCUT2D eigenvalue weighted by Gasteiger charge is 2.59. The summed E-state index contributed by atoms with van der Waals surface area (Å²) in [6, 6.07) is 13.2. The van der Waals surface area contributed by atoms with E-state index in [-0.39, 0.29) is 6.61 Å². The number of hydrogen-bond acceptors (Lipinski definition) is 8. The average molecular weight is 469 g/mol. The maximum atomic E-state index is 13.3. The van der Waals surface area contributed by atoms with Crippen LogP contribution in [0.3, 0.4) is 0 Å². The molecular weight excluding hydrogens is 440 g/mol. The van der Waals surface area contributed by atoms with Crippen LogP contribution in [0.2, 0.25) is 0 Å². The maximum absolute atomic E-state index is 13.3. The van der Waals surface area contributed by atoms with Gasteiger partial charge in [0.1, 0.15) is 18.1 Å². The Labute approximate surface area is 198 Å². The fraction of sp³-hybridized carbons (Fsp3) is 0.346. The van der Waals surface area contributed by atoms with E-state index in [0.29, 0.717) is 22.6 Å². The zero-order valence-electron chi connectivity index (χ0n) is 19.4. The number of ketones is 1. The first-order chi connectivity index (χ1) is 16.3. The lowest BCUT2D eigenvalue weighted by molar-refractivity contribution is -0.174. The molecule has 0 spiro atoms. The van der Waals surface area contributed by atoms with Crippen molar-refractivity contribution in [2.45, 2.75) is 17.9 Å². The molecule has 1 fully saturated rings. The van der Waals surface area contributed by atoms with Crippen LogP contribution in [0.4, 0.5) is 0 Å². The predicted octanol–water partition coefficient (Wildman–Crippen LogP) is 2.78. The van der Waals surface area contributed by atoms with Crippen LogP contribution < -0.4 is 9.47 Å². The minimum absolute atomic E-state index is 0.237. The molecule has 0 bridgehead atoms. The number of methoxy groups -OCH3 is 3. The fourth-order valence-electron chi connectivity index (χ4n) is 4.60. The molecule has 0 heterocycles. The zero-order valence-corrected chi connectivity index (χ0v) is 19.4. The molecular formula is C26H28O8. The van der Waals surface area contributed by atoms with Gasteiger partial charge in [0, 0.05) is 12.3 Å². The molecule has 34 heavy (non-hydrogen) atoms. The third-order valence-electron chi connectivity index (χ3n) is 6.14. The van der Waals surface area contributed by atoms with Crippen molar-refractivity contribution < 1.29 is 38.4 Å². The van der Waals surface area contributed by atoms with Crippen LogP contribution in [0.15, 0.2) is 61.2 Å². The third kappa shape index (κ3) is 4.54. The Kier molecular flexibility index (Phi) is 7.73. The van der Waals surface area contributed by atoms with E-state index in [4.69, 9.17) is 18.9 Å². The molecule has 0 saturated heterocycles. The zero-order chi connectivity index (χ0) is 24.9. The van der Waals surface area contributed by atoms with Gasteiger partial charge in [0.2, 0.25) is 0 Å². The highest BCUT2D eigenvalue weighted by molar-refractivity contribution is 6.03. The van der Waals surface area contributed by atoms with Gasteiger partial charge in [-0.3, -0.25) is 14.4 Å². The van der Waals surface area contributed by atoms with Crippen molar-refractivity contribution >= 4 is 17.7 Å². The molecule has 4 atom stereocenters. The molecule has 1 saturated carbocycles. The number of benzene rings is 2. The van der Waals surface area contributed by atoms with Crippen LogP contribution in [0, 0.1) is 11.8 Å². The molecule has 4 unspecified atom stereocenters. The Morgan fingerprint density at radius 1 is 1.06 bits per heavy atom. The lowest BCUT2D eigenvalue weighted by Gasteiger charge is -2.45. The van der Waals surface area contributed by atoms with Gasteiger partial charge in [0.25, 0.3) is 0 Å². The number of rotatable bonds is 8. The normalized spacial score (nSPS) is 24.1. The molecule has 1 aliphatic carbocycles. The maximum Gasteiger partial charge on any atom is 0.316 e. The van der Waals surface area contributed by atoms with Gasteiger partial charge in [-0.05, 0) is 23.3 Å². The molecule has 2 aromatic rings. The number of carbonyl (C=O) groups excluding carboxylic acids is 3. The van der Waals surface area contributed by atoms with E-state index >= 15 is 0 Å². The molecule has 0 radical (unpaired) electrons. The van der Waals surface area contributed by atoms with Gasteiger partial charge in [-0.15, -0.1) is 0 Å². The summed E-state index contributed by atoms with van der Waals surface area (Å²) >= 11 is 0. The summed E-state index contributed by atoms with van der Waals surface area (Å²) in [5.74, 6) is -5.07.